The molecular weight excluding hydrogens is 184 g/mol. The number of rotatable bonds is 2. The molecule has 3 saturated carbocycles. The van der Waals surface area contributed by atoms with Crippen molar-refractivity contribution in [3.8, 4) is 0 Å². The molecular formula is C14H18O. The topological polar surface area (TPSA) is 20.2 Å². The Morgan fingerprint density at radius 2 is 1.87 bits per heavy atom. The first-order valence-electron chi connectivity index (χ1n) is 5.79. The zero-order valence-electron chi connectivity index (χ0n) is 9.51. The van der Waals surface area contributed by atoms with Gasteiger partial charge in [0.05, 0.1) is 0 Å². The predicted octanol–water partition coefficient (Wildman–Crippen LogP) is 2.72. The number of aliphatic hydroxyl groups excluding tert-OH is 1. The summed E-state index contributed by atoms with van der Waals surface area (Å²) in [6.07, 6.45) is 3.63. The average Bonchev–Trinajstić information content (AvgIpc) is 2.08. The zero-order valence-corrected chi connectivity index (χ0v) is 9.51. The summed E-state index contributed by atoms with van der Waals surface area (Å²) < 4.78 is 0. The second-order valence-electron chi connectivity index (χ2n) is 5.72. The minimum absolute atomic E-state index is 0.316. The second-order valence-corrected chi connectivity index (χ2v) is 5.72. The normalized spacial score (nSPS) is 37.0. The van der Waals surface area contributed by atoms with Crippen molar-refractivity contribution in [2.45, 2.75) is 38.5 Å². The fraction of sp³-hybridized carbons (Fsp3) is 0.571. The average molecular weight is 202 g/mol. The van der Waals surface area contributed by atoms with E-state index in [0.29, 0.717) is 17.4 Å². The lowest BCUT2D eigenvalue weighted by Crippen LogP contribution is -2.66. The van der Waals surface area contributed by atoms with E-state index in [4.69, 9.17) is 0 Å². The molecule has 3 fully saturated rings. The minimum Gasteiger partial charge on any atom is -0.396 e. The molecule has 1 nitrogen and oxygen atoms in total. The molecule has 1 N–H and O–H groups in total. The summed E-state index contributed by atoms with van der Waals surface area (Å²) in [5, 5.41) is 9.27. The minimum atomic E-state index is 0.316. The van der Waals surface area contributed by atoms with Gasteiger partial charge in [0.15, 0.2) is 0 Å². The van der Waals surface area contributed by atoms with Crippen molar-refractivity contribution in [1.82, 2.24) is 0 Å². The Labute approximate surface area is 91.1 Å². The van der Waals surface area contributed by atoms with Crippen LogP contribution in [0.2, 0.25) is 0 Å². The molecule has 80 valence electrons. The molecule has 15 heavy (non-hydrogen) atoms. The summed E-state index contributed by atoms with van der Waals surface area (Å²) in [6.45, 7) is 4.81. The van der Waals surface area contributed by atoms with E-state index in [2.05, 4.69) is 32.0 Å². The fourth-order valence-corrected chi connectivity index (χ4v) is 3.78. The molecule has 0 spiro atoms. The van der Waals surface area contributed by atoms with Gasteiger partial charge < -0.3 is 5.11 Å². The van der Waals surface area contributed by atoms with E-state index in [0.717, 1.165) is 0 Å². The summed E-state index contributed by atoms with van der Waals surface area (Å²) in [5.74, 6) is 0. The van der Waals surface area contributed by atoms with Crippen molar-refractivity contribution in [1.29, 1.82) is 0 Å². The molecule has 0 radical (unpaired) electrons. The Morgan fingerprint density at radius 1 is 1.20 bits per heavy atom. The van der Waals surface area contributed by atoms with E-state index in [1.54, 1.807) is 0 Å². The number of benzene rings is 1. The highest BCUT2D eigenvalue weighted by Crippen LogP contribution is 2.73. The standard InChI is InChI=1S/C14H18O/c1-10-4-3-5-12(11(10)2)14-6-13(7-14,8-14)9-15/h3-5,15H,6-9H2,1-2H3. The fourth-order valence-electron chi connectivity index (χ4n) is 3.78. The highest BCUT2D eigenvalue weighted by Gasteiger charge is 2.68. The lowest BCUT2D eigenvalue weighted by atomic mass is 9.33. The molecule has 3 aliphatic carbocycles. The molecule has 0 saturated heterocycles. The van der Waals surface area contributed by atoms with Crippen LogP contribution in [-0.4, -0.2) is 11.7 Å². The van der Waals surface area contributed by atoms with E-state index < -0.39 is 0 Å². The summed E-state index contributed by atoms with van der Waals surface area (Å²) >= 11 is 0. The van der Waals surface area contributed by atoms with Crippen LogP contribution in [0.4, 0.5) is 0 Å². The summed E-state index contributed by atoms with van der Waals surface area (Å²) in [5.41, 5.74) is 5.16. The molecule has 1 heteroatoms. The first kappa shape index (κ1) is 9.41. The van der Waals surface area contributed by atoms with Crippen molar-refractivity contribution >= 4 is 0 Å². The summed E-state index contributed by atoms with van der Waals surface area (Å²) in [7, 11) is 0. The Hall–Kier alpha value is -0.820. The van der Waals surface area contributed by atoms with Crippen molar-refractivity contribution in [3.63, 3.8) is 0 Å². The molecule has 0 aromatic heterocycles. The van der Waals surface area contributed by atoms with E-state index in [9.17, 15) is 5.11 Å². The quantitative estimate of drug-likeness (QED) is 0.781. The van der Waals surface area contributed by atoms with E-state index in [-0.39, 0.29) is 0 Å². The molecule has 0 aliphatic heterocycles. The van der Waals surface area contributed by atoms with Crippen LogP contribution in [0.15, 0.2) is 18.2 Å². The number of aliphatic hydroxyl groups is 1. The van der Waals surface area contributed by atoms with Crippen molar-refractivity contribution in [2.24, 2.45) is 5.41 Å². The molecule has 0 unspecified atom stereocenters. The number of hydrogen-bond donors (Lipinski definition) is 1. The summed E-state index contributed by atoms with van der Waals surface area (Å²) in [4.78, 5) is 0. The van der Waals surface area contributed by atoms with Crippen LogP contribution in [0.1, 0.15) is 36.0 Å². The van der Waals surface area contributed by atoms with Crippen LogP contribution in [-0.2, 0) is 5.41 Å². The van der Waals surface area contributed by atoms with Gasteiger partial charge in [0.1, 0.15) is 0 Å². The first-order valence-corrected chi connectivity index (χ1v) is 5.79. The Kier molecular flexibility index (Phi) is 1.66. The molecule has 4 rings (SSSR count). The van der Waals surface area contributed by atoms with Crippen LogP contribution in [0.3, 0.4) is 0 Å². The van der Waals surface area contributed by atoms with Gasteiger partial charge in [-0.1, -0.05) is 18.2 Å². The molecule has 0 amide bonds. The lowest BCUT2D eigenvalue weighted by molar-refractivity contribution is -0.168. The number of aryl methyl sites for hydroxylation is 1. The summed E-state index contributed by atoms with van der Waals surface area (Å²) in [6, 6.07) is 6.64. The van der Waals surface area contributed by atoms with Gasteiger partial charge in [-0.15, -0.1) is 0 Å². The van der Waals surface area contributed by atoms with Gasteiger partial charge in [-0.3, -0.25) is 0 Å². The van der Waals surface area contributed by atoms with Gasteiger partial charge in [-0.2, -0.15) is 0 Å². The van der Waals surface area contributed by atoms with Crippen LogP contribution in [0, 0.1) is 19.3 Å². The molecule has 2 bridgehead atoms. The van der Waals surface area contributed by atoms with Crippen molar-refractivity contribution in [2.75, 3.05) is 6.61 Å². The predicted molar refractivity (Wildman–Crippen MR) is 61.0 cm³/mol. The van der Waals surface area contributed by atoms with Gasteiger partial charge in [0.25, 0.3) is 0 Å². The van der Waals surface area contributed by atoms with Crippen molar-refractivity contribution < 1.29 is 5.11 Å². The smallest absolute Gasteiger partial charge is 0.0488 e. The number of hydrogen-bond acceptors (Lipinski definition) is 1. The molecule has 3 aliphatic rings. The van der Waals surface area contributed by atoms with Gasteiger partial charge in [0.2, 0.25) is 0 Å². The third-order valence-corrected chi connectivity index (χ3v) is 4.65. The maximum Gasteiger partial charge on any atom is 0.0488 e. The van der Waals surface area contributed by atoms with Gasteiger partial charge in [-0.05, 0) is 60.6 Å². The lowest BCUT2D eigenvalue weighted by Gasteiger charge is -2.71. The zero-order chi connectivity index (χ0) is 10.7. The van der Waals surface area contributed by atoms with Crippen LogP contribution >= 0.6 is 0 Å². The van der Waals surface area contributed by atoms with Gasteiger partial charge >= 0.3 is 0 Å². The van der Waals surface area contributed by atoms with E-state index >= 15 is 0 Å². The third-order valence-electron chi connectivity index (χ3n) is 4.65. The first-order chi connectivity index (χ1) is 7.11. The Balaban J connectivity index is 1.94. The van der Waals surface area contributed by atoms with Crippen LogP contribution in [0.5, 0.6) is 0 Å². The largest absolute Gasteiger partial charge is 0.396 e. The highest BCUT2D eigenvalue weighted by atomic mass is 16.3. The second kappa shape index (κ2) is 2.65. The monoisotopic (exact) mass is 202 g/mol. The molecule has 0 heterocycles. The SMILES string of the molecule is Cc1cccc(C23CC(CO)(C2)C3)c1C. The van der Waals surface area contributed by atoms with Gasteiger partial charge in [-0.25, -0.2) is 0 Å². The van der Waals surface area contributed by atoms with Crippen molar-refractivity contribution in [3.05, 3.63) is 34.9 Å². The Bertz CT molecular complexity index is 400. The Morgan fingerprint density at radius 3 is 2.47 bits per heavy atom. The van der Waals surface area contributed by atoms with Gasteiger partial charge in [0, 0.05) is 6.61 Å². The highest BCUT2D eigenvalue weighted by molar-refractivity contribution is 5.45. The van der Waals surface area contributed by atoms with Crippen LogP contribution in [0.25, 0.3) is 0 Å². The van der Waals surface area contributed by atoms with E-state index in [1.807, 2.05) is 0 Å². The van der Waals surface area contributed by atoms with E-state index in [1.165, 1.54) is 36.0 Å². The van der Waals surface area contributed by atoms with Crippen LogP contribution < -0.4 is 0 Å². The third kappa shape index (κ3) is 1.02. The maximum absolute atomic E-state index is 9.27. The molecule has 0 atom stereocenters. The molecule has 1 aromatic carbocycles. The molecule has 1 aromatic rings. The maximum atomic E-state index is 9.27.